The number of nitrogens with zero attached hydrogens (tertiary/aromatic N) is 2. The molecule has 2 fully saturated rings. The number of ether oxygens (including phenoxy) is 2. The molecule has 2 N–H and O–H groups in total. The van der Waals surface area contributed by atoms with Crippen LogP contribution in [0, 0.1) is 0 Å². The van der Waals surface area contributed by atoms with Gasteiger partial charge in [0.1, 0.15) is 11.5 Å². The lowest BCUT2D eigenvalue weighted by molar-refractivity contribution is -0.134. The number of rotatable bonds is 4. The van der Waals surface area contributed by atoms with E-state index >= 15 is 0 Å². The zero-order valence-corrected chi connectivity index (χ0v) is 15.1. The van der Waals surface area contributed by atoms with Gasteiger partial charge in [-0.15, -0.1) is 0 Å². The highest BCUT2D eigenvalue weighted by Gasteiger charge is 2.33. The second-order valence-electron chi connectivity index (χ2n) is 6.53. The number of carbonyl (C=O) groups is 2. The fourth-order valence-corrected chi connectivity index (χ4v) is 3.40. The highest BCUT2D eigenvalue weighted by atomic mass is 16.5. The Balaban J connectivity index is 1.61. The molecule has 0 saturated carbocycles. The molecule has 0 spiro atoms. The normalized spacial score (nSPS) is 23.0. The summed E-state index contributed by atoms with van der Waals surface area (Å²) in [6, 6.07) is 4.78. The molecule has 0 aliphatic carbocycles. The van der Waals surface area contributed by atoms with Crippen molar-refractivity contribution in [3.05, 3.63) is 23.8 Å². The molecule has 0 bridgehead atoms. The largest absolute Gasteiger partial charge is 0.497 e. The molecule has 2 unspecified atom stereocenters. The van der Waals surface area contributed by atoms with E-state index < -0.39 is 6.10 Å². The second kappa shape index (κ2) is 7.92. The summed E-state index contributed by atoms with van der Waals surface area (Å²) in [6.07, 6.45) is -0.0181. The molecular weight excluding hydrogens is 338 g/mol. The van der Waals surface area contributed by atoms with Gasteiger partial charge in [-0.2, -0.15) is 0 Å². The summed E-state index contributed by atoms with van der Waals surface area (Å²) in [4.78, 5) is 28.8. The maximum atomic E-state index is 12.8. The minimum Gasteiger partial charge on any atom is -0.497 e. The van der Waals surface area contributed by atoms with Crippen LogP contribution in [0.1, 0.15) is 16.8 Å². The Kier molecular flexibility index (Phi) is 5.63. The van der Waals surface area contributed by atoms with Gasteiger partial charge in [-0.1, -0.05) is 0 Å². The number of hydrogen-bond donors (Lipinski definition) is 2. The fourth-order valence-electron chi connectivity index (χ4n) is 3.40. The fraction of sp³-hybridized carbons (Fsp3) is 0.556. The van der Waals surface area contributed by atoms with Crippen molar-refractivity contribution in [2.24, 2.45) is 0 Å². The van der Waals surface area contributed by atoms with Gasteiger partial charge in [0.2, 0.25) is 5.91 Å². The van der Waals surface area contributed by atoms with Crippen LogP contribution in [0.15, 0.2) is 18.2 Å². The van der Waals surface area contributed by atoms with Crippen molar-refractivity contribution in [2.75, 3.05) is 46.9 Å². The summed E-state index contributed by atoms with van der Waals surface area (Å²) in [6.45, 7) is 2.35. The Labute approximate surface area is 152 Å². The summed E-state index contributed by atoms with van der Waals surface area (Å²) >= 11 is 0. The molecular formula is C18H25N3O5. The van der Waals surface area contributed by atoms with Crippen LogP contribution < -0.4 is 14.8 Å². The summed E-state index contributed by atoms with van der Waals surface area (Å²) in [7, 11) is 3.08. The van der Waals surface area contributed by atoms with E-state index in [1.807, 2.05) is 0 Å². The van der Waals surface area contributed by atoms with Gasteiger partial charge in [0.25, 0.3) is 5.91 Å². The number of piperazine rings is 1. The highest BCUT2D eigenvalue weighted by molar-refractivity contribution is 5.97. The molecule has 2 aliphatic rings. The van der Waals surface area contributed by atoms with E-state index in [1.54, 1.807) is 35.1 Å². The van der Waals surface area contributed by atoms with Gasteiger partial charge in [0.05, 0.1) is 31.9 Å². The highest BCUT2D eigenvalue weighted by Crippen LogP contribution is 2.26. The van der Waals surface area contributed by atoms with Crippen molar-refractivity contribution in [1.82, 2.24) is 15.1 Å². The topological polar surface area (TPSA) is 91.3 Å². The number of benzene rings is 1. The Morgan fingerprint density at radius 1 is 1.12 bits per heavy atom. The SMILES string of the molecule is COc1ccc(C(=O)N2CCN(C(=O)C3CC(O)CN3)CC2)c(OC)c1. The average molecular weight is 363 g/mol. The quantitative estimate of drug-likeness (QED) is 0.764. The lowest BCUT2D eigenvalue weighted by Gasteiger charge is -2.36. The van der Waals surface area contributed by atoms with Gasteiger partial charge >= 0.3 is 0 Å². The molecule has 8 heteroatoms. The molecule has 2 aliphatic heterocycles. The van der Waals surface area contributed by atoms with Gasteiger partial charge in [0.15, 0.2) is 0 Å². The molecule has 2 atom stereocenters. The van der Waals surface area contributed by atoms with Crippen molar-refractivity contribution >= 4 is 11.8 Å². The van der Waals surface area contributed by atoms with Crippen LogP contribution >= 0.6 is 0 Å². The zero-order valence-electron chi connectivity index (χ0n) is 15.1. The van der Waals surface area contributed by atoms with Crippen LogP contribution in [0.5, 0.6) is 11.5 Å². The van der Waals surface area contributed by atoms with E-state index in [0.717, 1.165) is 0 Å². The second-order valence-corrected chi connectivity index (χ2v) is 6.53. The first-order valence-electron chi connectivity index (χ1n) is 8.75. The Hall–Kier alpha value is -2.32. The van der Waals surface area contributed by atoms with Gasteiger partial charge in [0, 0.05) is 38.8 Å². The average Bonchev–Trinajstić information content (AvgIpc) is 3.12. The van der Waals surface area contributed by atoms with Gasteiger partial charge in [-0.3, -0.25) is 9.59 Å². The first-order chi connectivity index (χ1) is 12.5. The lowest BCUT2D eigenvalue weighted by Crippen LogP contribution is -2.54. The van der Waals surface area contributed by atoms with Gasteiger partial charge in [-0.25, -0.2) is 0 Å². The monoisotopic (exact) mass is 363 g/mol. The molecule has 3 rings (SSSR count). The van der Waals surface area contributed by atoms with Gasteiger partial charge < -0.3 is 29.7 Å². The molecule has 142 valence electrons. The standard InChI is InChI=1S/C18H25N3O5/c1-25-13-3-4-14(16(10-13)26-2)17(23)20-5-7-21(8-6-20)18(24)15-9-12(22)11-19-15/h3-4,10,12,15,19,22H,5-9,11H2,1-2H3. The van der Waals surface area contributed by atoms with Crippen LogP contribution in [0.25, 0.3) is 0 Å². The third kappa shape index (κ3) is 3.76. The molecule has 8 nitrogen and oxygen atoms in total. The number of carbonyl (C=O) groups excluding carboxylic acids is 2. The maximum Gasteiger partial charge on any atom is 0.257 e. The predicted octanol–water partition coefficient (Wildman–Crippen LogP) is -0.289. The molecule has 0 radical (unpaired) electrons. The molecule has 0 aromatic heterocycles. The van der Waals surface area contributed by atoms with E-state index in [-0.39, 0.29) is 17.9 Å². The van der Waals surface area contributed by atoms with Crippen LogP contribution in [0.3, 0.4) is 0 Å². The third-order valence-electron chi connectivity index (χ3n) is 4.92. The predicted molar refractivity (Wildman–Crippen MR) is 94.4 cm³/mol. The maximum absolute atomic E-state index is 12.8. The summed E-state index contributed by atoms with van der Waals surface area (Å²) in [5.41, 5.74) is 0.480. The number of β-amino-alcohol motifs (C(OH)–C–C–N with tert-alkyl or cyclic N) is 1. The molecule has 2 heterocycles. The minimum atomic E-state index is -0.464. The summed E-state index contributed by atoms with van der Waals surface area (Å²) in [5, 5.41) is 12.6. The number of nitrogens with one attached hydrogen (secondary N) is 1. The Morgan fingerprint density at radius 2 is 1.81 bits per heavy atom. The van der Waals surface area contributed by atoms with Crippen LogP contribution in [-0.4, -0.2) is 85.8 Å². The van der Waals surface area contributed by atoms with E-state index in [4.69, 9.17) is 9.47 Å². The van der Waals surface area contributed by atoms with Gasteiger partial charge in [-0.05, 0) is 18.6 Å². The smallest absolute Gasteiger partial charge is 0.257 e. The van der Waals surface area contributed by atoms with E-state index in [9.17, 15) is 14.7 Å². The van der Waals surface area contributed by atoms with Crippen LogP contribution in [0.4, 0.5) is 0 Å². The minimum absolute atomic E-state index is 0.00400. The van der Waals surface area contributed by atoms with E-state index in [1.165, 1.54) is 7.11 Å². The summed E-state index contributed by atoms with van der Waals surface area (Å²) < 4.78 is 10.5. The van der Waals surface area contributed by atoms with Crippen LogP contribution in [-0.2, 0) is 4.79 Å². The third-order valence-corrected chi connectivity index (χ3v) is 4.92. The van der Waals surface area contributed by atoms with Crippen molar-refractivity contribution in [2.45, 2.75) is 18.6 Å². The lowest BCUT2D eigenvalue weighted by atomic mass is 10.1. The summed E-state index contributed by atoms with van der Waals surface area (Å²) in [5.74, 6) is 0.971. The van der Waals surface area contributed by atoms with Crippen molar-refractivity contribution < 1.29 is 24.2 Å². The van der Waals surface area contributed by atoms with Crippen molar-refractivity contribution in [3.8, 4) is 11.5 Å². The molecule has 2 amide bonds. The number of methoxy groups -OCH3 is 2. The van der Waals surface area contributed by atoms with E-state index in [2.05, 4.69) is 5.32 Å². The first kappa shape index (κ1) is 18.5. The molecule has 1 aromatic carbocycles. The van der Waals surface area contributed by atoms with Crippen molar-refractivity contribution in [3.63, 3.8) is 0 Å². The number of aliphatic hydroxyl groups excluding tert-OH is 1. The van der Waals surface area contributed by atoms with Crippen LogP contribution in [0.2, 0.25) is 0 Å². The zero-order chi connectivity index (χ0) is 18.7. The number of aliphatic hydroxyl groups is 1. The molecule has 26 heavy (non-hydrogen) atoms. The molecule has 1 aromatic rings. The molecule has 2 saturated heterocycles. The number of hydrogen-bond acceptors (Lipinski definition) is 6. The van der Waals surface area contributed by atoms with Crippen molar-refractivity contribution in [1.29, 1.82) is 0 Å². The first-order valence-corrected chi connectivity index (χ1v) is 8.75. The Morgan fingerprint density at radius 3 is 2.38 bits per heavy atom. The number of amides is 2. The Bertz CT molecular complexity index is 673. The van der Waals surface area contributed by atoms with E-state index in [0.29, 0.717) is 56.2 Å².